The van der Waals surface area contributed by atoms with Crippen molar-refractivity contribution in [3.63, 3.8) is 0 Å². The normalized spacial score (nSPS) is 15.0. The van der Waals surface area contributed by atoms with Gasteiger partial charge in [-0.1, -0.05) is 11.6 Å². The van der Waals surface area contributed by atoms with Gasteiger partial charge in [0, 0.05) is 28.6 Å². The van der Waals surface area contributed by atoms with Gasteiger partial charge in [-0.3, -0.25) is 4.79 Å². The number of halogens is 1. The number of hydrogen-bond acceptors (Lipinski definition) is 5. The van der Waals surface area contributed by atoms with Gasteiger partial charge in [-0.15, -0.1) is 11.3 Å². The molecular formula is C16H15ClN4OS. The van der Waals surface area contributed by atoms with Crippen LogP contribution in [0, 0.1) is 0 Å². The van der Waals surface area contributed by atoms with E-state index in [4.69, 9.17) is 17.4 Å². The maximum absolute atomic E-state index is 12.8. The third kappa shape index (κ3) is 2.34. The first-order chi connectivity index (χ1) is 11.0. The van der Waals surface area contributed by atoms with E-state index in [2.05, 4.69) is 16.9 Å². The Morgan fingerprint density at radius 3 is 2.78 bits per heavy atom. The highest BCUT2D eigenvalue weighted by Gasteiger charge is 2.23. The Morgan fingerprint density at radius 1 is 1.30 bits per heavy atom. The third-order valence-electron chi connectivity index (χ3n) is 4.20. The summed E-state index contributed by atoms with van der Waals surface area (Å²) < 4.78 is 1.15. The highest BCUT2D eigenvalue weighted by molar-refractivity contribution is 7.18. The fourth-order valence-corrected chi connectivity index (χ4v) is 4.40. The van der Waals surface area contributed by atoms with E-state index in [1.807, 2.05) is 12.1 Å². The molecule has 0 saturated carbocycles. The number of aromatic nitrogens is 2. The number of fused-ring (bicyclic) bond motifs is 3. The summed E-state index contributed by atoms with van der Waals surface area (Å²) in [6.07, 6.45) is 0.864. The molecule has 7 heteroatoms. The van der Waals surface area contributed by atoms with E-state index in [0.29, 0.717) is 16.2 Å². The van der Waals surface area contributed by atoms with Crippen molar-refractivity contribution in [1.82, 2.24) is 14.6 Å². The summed E-state index contributed by atoms with van der Waals surface area (Å²) >= 11 is 7.52. The highest BCUT2D eigenvalue weighted by Crippen LogP contribution is 2.33. The van der Waals surface area contributed by atoms with Crippen molar-refractivity contribution in [1.29, 1.82) is 0 Å². The van der Waals surface area contributed by atoms with Crippen LogP contribution in [0.2, 0.25) is 5.02 Å². The average Bonchev–Trinajstić information content (AvgIpc) is 2.89. The molecule has 4 rings (SSSR count). The molecule has 118 valence electrons. The second kappa shape index (κ2) is 5.33. The van der Waals surface area contributed by atoms with Gasteiger partial charge in [0.25, 0.3) is 5.56 Å². The summed E-state index contributed by atoms with van der Waals surface area (Å²) in [5.41, 5.74) is 1.71. The first-order valence-electron chi connectivity index (χ1n) is 7.31. The summed E-state index contributed by atoms with van der Waals surface area (Å²) in [6.45, 7) is 1.80. The fraction of sp³-hybridized carbons (Fsp3) is 0.250. The molecule has 2 aromatic heterocycles. The summed E-state index contributed by atoms with van der Waals surface area (Å²) in [5, 5.41) is 1.31. The van der Waals surface area contributed by atoms with Crippen LogP contribution in [0.1, 0.15) is 10.4 Å². The maximum atomic E-state index is 12.8. The summed E-state index contributed by atoms with van der Waals surface area (Å²) in [4.78, 5) is 21.7. The van der Waals surface area contributed by atoms with E-state index in [1.165, 1.54) is 4.88 Å². The molecule has 0 atom stereocenters. The molecule has 0 aliphatic carbocycles. The number of nitrogens with two attached hydrogens (primary N) is 1. The first-order valence-corrected chi connectivity index (χ1v) is 8.51. The Bertz CT molecular complexity index is 961. The minimum Gasteiger partial charge on any atom is -0.334 e. The van der Waals surface area contributed by atoms with Crippen LogP contribution >= 0.6 is 22.9 Å². The van der Waals surface area contributed by atoms with E-state index in [9.17, 15) is 4.79 Å². The van der Waals surface area contributed by atoms with Gasteiger partial charge in [-0.25, -0.2) is 9.66 Å². The molecular weight excluding hydrogens is 332 g/mol. The van der Waals surface area contributed by atoms with E-state index in [-0.39, 0.29) is 5.56 Å². The van der Waals surface area contributed by atoms with Crippen LogP contribution in [0.3, 0.4) is 0 Å². The van der Waals surface area contributed by atoms with Gasteiger partial charge in [0.05, 0.1) is 5.39 Å². The molecule has 1 aliphatic heterocycles. The molecule has 0 amide bonds. The molecule has 0 fully saturated rings. The molecule has 2 N–H and O–H groups in total. The smallest absolute Gasteiger partial charge is 0.281 e. The monoisotopic (exact) mass is 346 g/mol. The van der Waals surface area contributed by atoms with Crippen LogP contribution in [-0.2, 0) is 13.0 Å². The van der Waals surface area contributed by atoms with Gasteiger partial charge in [-0.2, -0.15) is 0 Å². The van der Waals surface area contributed by atoms with Crippen molar-refractivity contribution in [3.8, 4) is 11.4 Å². The standard InChI is InChI=1S/C16H15ClN4OS/c1-20-7-6-11-12(8-20)23-15-13(11)16(22)21(18)14(19-15)9-2-4-10(17)5-3-9/h2-5H,6-8,18H2,1H3. The number of nitrogen functional groups attached to an aromatic ring is 1. The maximum Gasteiger partial charge on any atom is 0.281 e. The van der Waals surface area contributed by atoms with Crippen molar-refractivity contribution in [2.24, 2.45) is 0 Å². The van der Waals surface area contributed by atoms with E-state index in [0.717, 1.165) is 40.1 Å². The van der Waals surface area contributed by atoms with Crippen molar-refractivity contribution in [2.75, 3.05) is 19.4 Å². The van der Waals surface area contributed by atoms with Crippen LogP contribution < -0.4 is 11.4 Å². The predicted molar refractivity (Wildman–Crippen MR) is 94.5 cm³/mol. The summed E-state index contributed by atoms with van der Waals surface area (Å²) in [6, 6.07) is 7.17. The van der Waals surface area contributed by atoms with Gasteiger partial charge < -0.3 is 10.7 Å². The lowest BCUT2D eigenvalue weighted by Crippen LogP contribution is -2.31. The van der Waals surface area contributed by atoms with Crippen molar-refractivity contribution < 1.29 is 0 Å². The quantitative estimate of drug-likeness (QED) is 0.687. The molecule has 1 aliphatic rings. The Morgan fingerprint density at radius 2 is 2.04 bits per heavy atom. The molecule has 3 aromatic rings. The SMILES string of the molecule is CN1CCc2c(sc3nc(-c4ccc(Cl)cc4)n(N)c(=O)c23)C1. The number of nitrogens with zero attached hydrogens (tertiary/aromatic N) is 3. The largest absolute Gasteiger partial charge is 0.334 e. The second-order valence-electron chi connectivity index (χ2n) is 5.79. The number of likely N-dealkylation sites (N-methyl/N-ethyl adjacent to an activating group) is 1. The van der Waals surface area contributed by atoms with E-state index in [1.54, 1.807) is 23.5 Å². The van der Waals surface area contributed by atoms with Gasteiger partial charge in [0.2, 0.25) is 0 Å². The molecule has 5 nitrogen and oxygen atoms in total. The Labute approximate surface area is 141 Å². The minimum absolute atomic E-state index is 0.179. The van der Waals surface area contributed by atoms with Gasteiger partial charge >= 0.3 is 0 Å². The lowest BCUT2D eigenvalue weighted by atomic mass is 10.1. The highest BCUT2D eigenvalue weighted by atomic mass is 35.5. The van der Waals surface area contributed by atoms with Crippen LogP contribution in [0.15, 0.2) is 29.1 Å². The number of thiophene rings is 1. The number of hydrogen-bond donors (Lipinski definition) is 1. The lowest BCUT2D eigenvalue weighted by molar-refractivity contribution is 0.318. The molecule has 3 heterocycles. The van der Waals surface area contributed by atoms with Crippen molar-refractivity contribution in [3.05, 3.63) is 50.1 Å². The van der Waals surface area contributed by atoms with Crippen LogP contribution in [0.4, 0.5) is 0 Å². The number of rotatable bonds is 1. The van der Waals surface area contributed by atoms with Crippen LogP contribution in [0.25, 0.3) is 21.6 Å². The van der Waals surface area contributed by atoms with Crippen LogP contribution in [0.5, 0.6) is 0 Å². The Balaban J connectivity index is 1.97. The minimum atomic E-state index is -0.179. The van der Waals surface area contributed by atoms with Gasteiger partial charge in [0.15, 0.2) is 5.82 Å². The Kier molecular flexibility index (Phi) is 3.41. The van der Waals surface area contributed by atoms with Crippen molar-refractivity contribution >= 4 is 33.2 Å². The zero-order valence-corrected chi connectivity index (χ0v) is 14.1. The first kappa shape index (κ1) is 14.7. The van der Waals surface area contributed by atoms with Crippen LogP contribution in [-0.4, -0.2) is 28.2 Å². The molecule has 0 spiro atoms. The molecule has 0 bridgehead atoms. The molecule has 0 radical (unpaired) electrons. The second-order valence-corrected chi connectivity index (χ2v) is 7.31. The van der Waals surface area contributed by atoms with Crippen molar-refractivity contribution in [2.45, 2.75) is 13.0 Å². The Hall–Kier alpha value is -1.89. The van der Waals surface area contributed by atoms with Gasteiger partial charge in [0.1, 0.15) is 4.83 Å². The predicted octanol–water partition coefficient (Wildman–Crippen LogP) is 2.48. The third-order valence-corrected chi connectivity index (χ3v) is 5.56. The van der Waals surface area contributed by atoms with Gasteiger partial charge in [-0.05, 0) is 43.3 Å². The zero-order valence-electron chi connectivity index (χ0n) is 12.5. The fourth-order valence-electron chi connectivity index (χ4n) is 2.99. The summed E-state index contributed by atoms with van der Waals surface area (Å²) in [7, 11) is 2.08. The lowest BCUT2D eigenvalue weighted by Gasteiger charge is -2.21. The molecule has 0 saturated heterocycles. The number of benzene rings is 1. The zero-order chi connectivity index (χ0) is 16.1. The molecule has 23 heavy (non-hydrogen) atoms. The summed E-state index contributed by atoms with van der Waals surface area (Å²) in [5.74, 6) is 6.51. The molecule has 0 unspecified atom stereocenters. The topological polar surface area (TPSA) is 64.2 Å². The van der Waals surface area contributed by atoms with E-state index >= 15 is 0 Å². The van der Waals surface area contributed by atoms with E-state index < -0.39 is 0 Å². The average molecular weight is 347 g/mol. The molecule has 1 aromatic carbocycles.